The van der Waals surface area contributed by atoms with Crippen LogP contribution in [0.1, 0.15) is 13.8 Å². The van der Waals surface area contributed by atoms with Crippen LogP contribution in [0.5, 0.6) is 0 Å². The van der Waals surface area contributed by atoms with Crippen molar-refractivity contribution >= 4 is 27.5 Å². The van der Waals surface area contributed by atoms with Gasteiger partial charge in [-0.05, 0) is 48.5 Å². The number of hydrogen-bond acceptors (Lipinski definition) is 4. The zero-order chi connectivity index (χ0) is 19.2. The van der Waals surface area contributed by atoms with Gasteiger partial charge in [0.1, 0.15) is 0 Å². The Labute approximate surface area is 177 Å². The molecule has 5 heteroatoms. The van der Waals surface area contributed by atoms with Gasteiger partial charge >= 0.3 is 0 Å². The summed E-state index contributed by atoms with van der Waals surface area (Å²) in [5.74, 6) is -0.0625. The molecule has 0 aliphatic heterocycles. The fraction of sp³-hybridized carbons (Fsp3) is 0.0870. The van der Waals surface area contributed by atoms with Crippen LogP contribution < -0.4 is 0 Å². The average Bonchev–Trinajstić information content (AvgIpc) is 2.67. The van der Waals surface area contributed by atoms with Gasteiger partial charge in [-0.3, -0.25) is 9.78 Å². The van der Waals surface area contributed by atoms with E-state index < -0.39 is 0 Å². The first-order valence-corrected chi connectivity index (χ1v) is 8.53. The Morgan fingerprint density at radius 3 is 2.39 bits per heavy atom. The van der Waals surface area contributed by atoms with Gasteiger partial charge in [-0.1, -0.05) is 12.1 Å². The van der Waals surface area contributed by atoms with E-state index in [4.69, 9.17) is 5.11 Å². The van der Waals surface area contributed by atoms with Crippen molar-refractivity contribution in [2.24, 2.45) is 0 Å². The van der Waals surface area contributed by atoms with Crippen molar-refractivity contribution in [1.82, 2.24) is 9.97 Å². The number of rotatable bonds is 2. The fourth-order valence-electron chi connectivity index (χ4n) is 2.87. The molecular weight excluding hydrogens is 528 g/mol. The first kappa shape index (κ1) is 21.4. The number of allylic oxidation sites excluding steroid dienone is 2. The molecule has 0 amide bonds. The largest absolute Gasteiger partial charge is 0.512 e. The fourth-order valence-corrected chi connectivity index (χ4v) is 2.87. The van der Waals surface area contributed by atoms with Gasteiger partial charge in [0, 0.05) is 44.0 Å². The summed E-state index contributed by atoms with van der Waals surface area (Å²) in [5.41, 5.74) is 2.99. The van der Waals surface area contributed by atoms with Crippen molar-refractivity contribution in [3.05, 3.63) is 84.9 Å². The molecule has 2 aromatic heterocycles. The van der Waals surface area contributed by atoms with Gasteiger partial charge in [0.25, 0.3) is 0 Å². The minimum atomic E-state index is -0.125. The molecule has 4 nitrogen and oxygen atoms in total. The van der Waals surface area contributed by atoms with E-state index in [1.165, 1.54) is 25.3 Å². The van der Waals surface area contributed by atoms with Crippen LogP contribution in [-0.2, 0) is 24.9 Å². The van der Waals surface area contributed by atoms with Gasteiger partial charge in [-0.25, -0.2) is 0 Å². The smallest absolute Gasteiger partial charge is 0.155 e. The van der Waals surface area contributed by atoms with Gasteiger partial charge in [0.15, 0.2) is 5.78 Å². The van der Waals surface area contributed by atoms with Gasteiger partial charge < -0.3 is 10.1 Å². The molecule has 2 aromatic carbocycles. The van der Waals surface area contributed by atoms with Crippen molar-refractivity contribution in [2.45, 2.75) is 13.8 Å². The molecule has 4 aromatic rings. The van der Waals surface area contributed by atoms with Crippen molar-refractivity contribution in [3.63, 3.8) is 0 Å². The molecule has 1 radical (unpaired) electrons. The molecule has 0 saturated heterocycles. The number of carbonyl (C=O) groups is 1. The summed E-state index contributed by atoms with van der Waals surface area (Å²) in [7, 11) is 0. The van der Waals surface area contributed by atoms with Crippen LogP contribution in [0.15, 0.2) is 78.8 Å². The number of aromatic nitrogens is 2. The maximum absolute atomic E-state index is 10.0. The van der Waals surface area contributed by atoms with Crippen molar-refractivity contribution in [3.8, 4) is 11.3 Å². The molecule has 0 atom stereocenters. The SMILES string of the molecule is CC(=O)/C=C(/C)O.[Ir].[c-]1ccccc1-c1nccc2c1ccc1ncccc12. The van der Waals surface area contributed by atoms with Crippen molar-refractivity contribution in [2.75, 3.05) is 0 Å². The molecule has 2 heterocycles. The van der Waals surface area contributed by atoms with Crippen LogP contribution in [0.2, 0.25) is 0 Å². The molecule has 143 valence electrons. The summed E-state index contributed by atoms with van der Waals surface area (Å²) in [6.45, 7) is 2.85. The number of nitrogens with zero attached hydrogens (tertiary/aromatic N) is 2. The predicted octanol–water partition coefficient (Wildman–Crippen LogP) is 5.28. The van der Waals surface area contributed by atoms with Crippen LogP contribution >= 0.6 is 0 Å². The molecule has 4 rings (SSSR count). The van der Waals surface area contributed by atoms with E-state index in [9.17, 15) is 4.79 Å². The summed E-state index contributed by atoms with van der Waals surface area (Å²) in [4.78, 5) is 19.0. The summed E-state index contributed by atoms with van der Waals surface area (Å²) in [5, 5.41) is 11.8. The van der Waals surface area contributed by atoms with Gasteiger partial charge in [0.05, 0.1) is 11.3 Å². The monoisotopic (exact) mass is 548 g/mol. The number of ketones is 1. The van der Waals surface area contributed by atoms with Gasteiger partial charge in [-0.15, -0.1) is 35.9 Å². The maximum atomic E-state index is 10.0. The Morgan fingerprint density at radius 1 is 0.929 bits per heavy atom. The van der Waals surface area contributed by atoms with E-state index in [0.717, 1.165) is 27.5 Å². The quantitative estimate of drug-likeness (QED) is 0.161. The molecule has 0 aliphatic rings. The van der Waals surface area contributed by atoms with Crippen LogP contribution in [-0.4, -0.2) is 20.9 Å². The summed E-state index contributed by atoms with van der Waals surface area (Å²) < 4.78 is 0. The standard InChI is InChI=1S/C18H11N2.C5H8O2.Ir/c1-2-5-13(6-3-1)18-16-8-9-17-15(7-4-11-19-17)14(16)10-12-20-18;1-4(6)3-5(2)7;/h1-5,7-12H;3,6H,1-2H3;/q-1;;/b;4-3-;. The molecule has 0 fully saturated rings. The van der Waals surface area contributed by atoms with Crippen LogP contribution in [0.25, 0.3) is 32.9 Å². The number of aliphatic hydroxyl groups excluding tert-OH is 1. The van der Waals surface area contributed by atoms with E-state index in [1.807, 2.05) is 54.9 Å². The second-order valence-corrected chi connectivity index (χ2v) is 6.06. The van der Waals surface area contributed by atoms with Crippen LogP contribution in [0.3, 0.4) is 0 Å². The second kappa shape index (κ2) is 9.88. The third-order valence-electron chi connectivity index (χ3n) is 3.90. The Kier molecular flexibility index (Phi) is 7.56. The number of pyridine rings is 2. The predicted molar refractivity (Wildman–Crippen MR) is 108 cm³/mol. The Balaban J connectivity index is 0.000000306. The minimum absolute atomic E-state index is 0. The van der Waals surface area contributed by atoms with E-state index in [0.29, 0.717) is 0 Å². The van der Waals surface area contributed by atoms with Crippen LogP contribution in [0.4, 0.5) is 0 Å². The number of aliphatic hydroxyl groups is 1. The molecule has 28 heavy (non-hydrogen) atoms. The normalized spacial score (nSPS) is 10.7. The van der Waals surface area contributed by atoms with Crippen molar-refractivity contribution < 1.29 is 30.0 Å². The third-order valence-corrected chi connectivity index (χ3v) is 3.90. The van der Waals surface area contributed by atoms with Crippen LogP contribution in [0, 0.1) is 6.07 Å². The molecule has 0 aliphatic carbocycles. The molecule has 0 spiro atoms. The maximum Gasteiger partial charge on any atom is 0.155 e. The minimum Gasteiger partial charge on any atom is -0.512 e. The molecule has 0 saturated carbocycles. The first-order chi connectivity index (χ1) is 13.1. The average molecular weight is 548 g/mol. The summed E-state index contributed by atoms with van der Waals surface area (Å²) >= 11 is 0. The molecule has 0 bridgehead atoms. The summed E-state index contributed by atoms with van der Waals surface area (Å²) in [6, 6.07) is 21.4. The Morgan fingerprint density at radius 2 is 1.75 bits per heavy atom. The Hall–Kier alpha value is -2.88. The molecule has 0 unspecified atom stereocenters. The zero-order valence-corrected chi connectivity index (χ0v) is 17.9. The summed E-state index contributed by atoms with van der Waals surface area (Å²) in [6.07, 6.45) is 4.84. The topological polar surface area (TPSA) is 63.1 Å². The van der Waals surface area contributed by atoms with Gasteiger partial charge in [0.2, 0.25) is 0 Å². The van der Waals surface area contributed by atoms with Crippen molar-refractivity contribution in [1.29, 1.82) is 0 Å². The van der Waals surface area contributed by atoms with E-state index in [1.54, 1.807) is 0 Å². The van der Waals surface area contributed by atoms with E-state index in [2.05, 4.69) is 28.2 Å². The first-order valence-electron chi connectivity index (χ1n) is 8.53. The number of hydrogen-bond donors (Lipinski definition) is 1. The van der Waals surface area contributed by atoms with Gasteiger partial charge in [-0.2, -0.15) is 0 Å². The third kappa shape index (κ3) is 5.09. The van der Waals surface area contributed by atoms with E-state index >= 15 is 0 Å². The molecular formula is C23H19IrN2O2-. The Bertz CT molecular complexity index is 1120. The number of fused-ring (bicyclic) bond motifs is 3. The molecule has 1 N–H and O–H groups in total. The number of carbonyl (C=O) groups excluding carboxylic acids is 1. The second-order valence-electron chi connectivity index (χ2n) is 6.06. The van der Waals surface area contributed by atoms with E-state index in [-0.39, 0.29) is 31.6 Å². The zero-order valence-electron chi connectivity index (χ0n) is 15.5. The number of benzene rings is 2.